The van der Waals surface area contributed by atoms with Crippen LogP contribution < -0.4 is 11.1 Å². The minimum Gasteiger partial charge on any atom is -0.370 e. The number of hydrogen-bond donors (Lipinski definition) is 2. The summed E-state index contributed by atoms with van der Waals surface area (Å²) in [4.78, 5) is 6.94. The molecule has 1 saturated heterocycles. The molecule has 3 N–H and O–H groups in total. The number of piperidine rings is 1. The van der Waals surface area contributed by atoms with Crippen molar-refractivity contribution in [2.24, 2.45) is 10.7 Å². The Morgan fingerprint density at radius 3 is 2.44 bits per heavy atom. The maximum Gasteiger partial charge on any atom is 0.189 e. The highest BCUT2D eigenvalue weighted by molar-refractivity contribution is 5.78. The van der Waals surface area contributed by atoms with E-state index < -0.39 is 0 Å². The quantitative estimate of drug-likeness (QED) is 0.542. The summed E-state index contributed by atoms with van der Waals surface area (Å²) in [5.41, 5.74) is 5.94. The van der Waals surface area contributed by atoms with Gasteiger partial charge in [0.2, 0.25) is 0 Å². The summed E-state index contributed by atoms with van der Waals surface area (Å²) < 4.78 is 0. The fourth-order valence-electron chi connectivity index (χ4n) is 2.64. The highest BCUT2D eigenvalue weighted by Gasteiger charge is 2.18. The van der Waals surface area contributed by atoms with Gasteiger partial charge in [-0.1, -0.05) is 12.8 Å². The van der Waals surface area contributed by atoms with E-state index in [1.807, 2.05) is 0 Å². The molecule has 2 fully saturated rings. The van der Waals surface area contributed by atoms with Gasteiger partial charge in [-0.05, 0) is 45.8 Å². The molecule has 0 radical (unpaired) electrons. The van der Waals surface area contributed by atoms with Crippen molar-refractivity contribution in [2.45, 2.75) is 50.6 Å². The molecule has 0 amide bonds. The van der Waals surface area contributed by atoms with Gasteiger partial charge in [0.05, 0.1) is 6.04 Å². The number of nitrogens with two attached hydrogens (primary N) is 1. The van der Waals surface area contributed by atoms with Gasteiger partial charge in [-0.25, -0.2) is 0 Å². The first-order valence-electron chi connectivity index (χ1n) is 6.52. The van der Waals surface area contributed by atoms with E-state index in [0.717, 1.165) is 25.9 Å². The molecule has 1 heterocycles. The van der Waals surface area contributed by atoms with E-state index >= 15 is 0 Å². The minimum absolute atomic E-state index is 0.435. The Morgan fingerprint density at radius 2 is 1.81 bits per heavy atom. The van der Waals surface area contributed by atoms with E-state index in [0.29, 0.717) is 18.0 Å². The second kappa shape index (κ2) is 5.53. The van der Waals surface area contributed by atoms with Crippen molar-refractivity contribution in [3.63, 3.8) is 0 Å². The van der Waals surface area contributed by atoms with E-state index in [9.17, 15) is 0 Å². The number of aliphatic imine (C=N–C) groups is 1. The monoisotopic (exact) mass is 224 g/mol. The molecule has 1 saturated carbocycles. The van der Waals surface area contributed by atoms with Crippen LogP contribution in [0.2, 0.25) is 0 Å². The predicted molar refractivity (Wildman–Crippen MR) is 67.5 cm³/mol. The Hall–Kier alpha value is -0.770. The van der Waals surface area contributed by atoms with Gasteiger partial charge in [-0.15, -0.1) is 0 Å². The summed E-state index contributed by atoms with van der Waals surface area (Å²) in [6.07, 6.45) is 7.46. The third-order valence-corrected chi connectivity index (χ3v) is 3.72. The molecule has 1 aliphatic carbocycles. The topological polar surface area (TPSA) is 53.6 Å². The van der Waals surface area contributed by atoms with Crippen LogP contribution in [0.3, 0.4) is 0 Å². The molecular formula is C12H24N4. The Labute approximate surface area is 98.3 Å². The van der Waals surface area contributed by atoms with E-state index in [1.54, 1.807) is 0 Å². The first-order valence-corrected chi connectivity index (χ1v) is 6.52. The molecule has 0 aromatic rings. The first-order chi connectivity index (χ1) is 7.74. The summed E-state index contributed by atoms with van der Waals surface area (Å²) in [6.45, 7) is 2.29. The lowest BCUT2D eigenvalue weighted by molar-refractivity contribution is 0.256. The Morgan fingerprint density at radius 1 is 1.19 bits per heavy atom. The number of hydrogen-bond acceptors (Lipinski definition) is 2. The third kappa shape index (κ3) is 3.37. The van der Waals surface area contributed by atoms with Crippen LogP contribution in [0.5, 0.6) is 0 Å². The van der Waals surface area contributed by atoms with Crippen molar-refractivity contribution >= 4 is 5.96 Å². The maximum absolute atomic E-state index is 5.94. The second-order valence-electron chi connectivity index (χ2n) is 5.17. The molecule has 0 aromatic heterocycles. The van der Waals surface area contributed by atoms with Crippen LogP contribution in [0, 0.1) is 0 Å². The van der Waals surface area contributed by atoms with Gasteiger partial charge in [0, 0.05) is 6.04 Å². The summed E-state index contributed by atoms with van der Waals surface area (Å²) in [7, 11) is 2.17. The molecule has 2 aliphatic rings. The first kappa shape index (κ1) is 11.7. The van der Waals surface area contributed by atoms with Crippen LogP contribution in [0.25, 0.3) is 0 Å². The largest absolute Gasteiger partial charge is 0.370 e. The zero-order valence-electron chi connectivity index (χ0n) is 10.3. The Kier molecular flexibility index (Phi) is 4.04. The lowest BCUT2D eigenvalue weighted by Gasteiger charge is -2.27. The van der Waals surface area contributed by atoms with Crippen LogP contribution in [0.15, 0.2) is 4.99 Å². The molecule has 92 valence electrons. The summed E-state index contributed by atoms with van der Waals surface area (Å²) in [6, 6.07) is 1.01. The van der Waals surface area contributed by atoms with E-state index in [2.05, 4.69) is 22.3 Å². The molecule has 1 aliphatic heterocycles. The number of nitrogens with one attached hydrogen (secondary N) is 1. The van der Waals surface area contributed by atoms with Crippen LogP contribution >= 0.6 is 0 Å². The average molecular weight is 224 g/mol. The Balaban J connectivity index is 1.76. The van der Waals surface area contributed by atoms with Gasteiger partial charge in [0.1, 0.15) is 0 Å². The highest BCUT2D eigenvalue weighted by Crippen LogP contribution is 2.17. The molecule has 4 heteroatoms. The normalized spacial score (nSPS) is 26.2. The van der Waals surface area contributed by atoms with Crippen molar-refractivity contribution in [3.8, 4) is 0 Å². The Bertz CT molecular complexity index is 237. The smallest absolute Gasteiger partial charge is 0.189 e. The van der Waals surface area contributed by atoms with Gasteiger partial charge >= 0.3 is 0 Å². The standard InChI is InChI=1S/C12H24N4/c1-16-8-6-11(7-9-16)15-12(13)14-10-4-2-3-5-10/h10-11H,2-9H2,1H3,(H3,13,14,15). The fourth-order valence-corrected chi connectivity index (χ4v) is 2.64. The van der Waals surface area contributed by atoms with Crippen LogP contribution in [0.1, 0.15) is 38.5 Å². The van der Waals surface area contributed by atoms with E-state index in [-0.39, 0.29) is 0 Å². The lowest BCUT2D eigenvalue weighted by Crippen LogP contribution is -2.40. The molecule has 4 nitrogen and oxygen atoms in total. The molecule has 0 aromatic carbocycles. The van der Waals surface area contributed by atoms with Gasteiger partial charge < -0.3 is 16.0 Å². The van der Waals surface area contributed by atoms with E-state index in [1.165, 1.54) is 25.7 Å². The predicted octanol–water partition coefficient (Wildman–Crippen LogP) is 0.927. The number of guanidine groups is 1. The third-order valence-electron chi connectivity index (χ3n) is 3.72. The molecule has 0 bridgehead atoms. The van der Waals surface area contributed by atoms with Gasteiger partial charge in [-0.3, -0.25) is 4.99 Å². The summed E-state index contributed by atoms with van der Waals surface area (Å²) in [5, 5.41) is 3.35. The van der Waals surface area contributed by atoms with Crippen molar-refractivity contribution in [3.05, 3.63) is 0 Å². The van der Waals surface area contributed by atoms with Crippen molar-refractivity contribution < 1.29 is 0 Å². The van der Waals surface area contributed by atoms with Crippen LogP contribution in [-0.2, 0) is 0 Å². The molecule has 0 spiro atoms. The SMILES string of the molecule is CN1CCC(N=C(N)NC2CCCC2)CC1. The van der Waals surface area contributed by atoms with Crippen molar-refractivity contribution in [2.75, 3.05) is 20.1 Å². The average Bonchev–Trinajstić information content (AvgIpc) is 2.74. The zero-order valence-corrected chi connectivity index (χ0v) is 10.3. The highest BCUT2D eigenvalue weighted by atomic mass is 15.1. The fraction of sp³-hybridized carbons (Fsp3) is 0.917. The minimum atomic E-state index is 0.435. The molecule has 0 unspecified atom stereocenters. The van der Waals surface area contributed by atoms with Gasteiger partial charge in [0.25, 0.3) is 0 Å². The molecule has 2 rings (SSSR count). The van der Waals surface area contributed by atoms with Crippen molar-refractivity contribution in [1.29, 1.82) is 0 Å². The van der Waals surface area contributed by atoms with Gasteiger partial charge in [-0.2, -0.15) is 0 Å². The number of likely N-dealkylation sites (tertiary alicyclic amines) is 1. The maximum atomic E-state index is 5.94. The molecule has 16 heavy (non-hydrogen) atoms. The molecule has 0 atom stereocenters. The van der Waals surface area contributed by atoms with Crippen molar-refractivity contribution in [1.82, 2.24) is 10.2 Å². The van der Waals surface area contributed by atoms with Crippen LogP contribution in [0.4, 0.5) is 0 Å². The zero-order chi connectivity index (χ0) is 11.4. The molecular weight excluding hydrogens is 200 g/mol. The number of rotatable bonds is 2. The second-order valence-corrected chi connectivity index (χ2v) is 5.17. The lowest BCUT2D eigenvalue weighted by atomic mass is 10.1. The van der Waals surface area contributed by atoms with Gasteiger partial charge in [0.15, 0.2) is 5.96 Å². The summed E-state index contributed by atoms with van der Waals surface area (Å²) >= 11 is 0. The summed E-state index contributed by atoms with van der Waals surface area (Å²) in [5.74, 6) is 0.668. The van der Waals surface area contributed by atoms with Crippen LogP contribution in [-0.4, -0.2) is 43.1 Å². The number of nitrogens with zero attached hydrogens (tertiary/aromatic N) is 2. The van der Waals surface area contributed by atoms with E-state index in [4.69, 9.17) is 5.73 Å².